The number of carbonyl (C=O) groups excluding carboxylic acids is 2. The molecular formula is C5H7N2O3-. The Morgan fingerprint density at radius 3 is 2.70 bits per heavy atom. The van der Waals surface area contributed by atoms with Gasteiger partial charge in [0.1, 0.15) is 0 Å². The SMILES string of the molecule is CN1C[C@@H](C(=O)[O-])NC1=O. The molecule has 0 aromatic rings. The number of carboxylic acids is 1. The zero-order chi connectivity index (χ0) is 7.72. The van der Waals surface area contributed by atoms with Crippen LogP contribution in [0, 0.1) is 0 Å². The summed E-state index contributed by atoms with van der Waals surface area (Å²) < 4.78 is 0. The highest BCUT2D eigenvalue weighted by molar-refractivity contribution is 5.85. The topological polar surface area (TPSA) is 72.5 Å². The summed E-state index contributed by atoms with van der Waals surface area (Å²) in [6.07, 6.45) is 0. The lowest BCUT2D eigenvalue weighted by Crippen LogP contribution is -2.44. The molecule has 56 valence electrons. The average Bonchev–Trinajstić information content (AvgIpc) is 2.13. The predicted octanol–water partition coefficient (Wildman–Crippen LogP) is -2.24. The summed E-state index contributed by atoms with van der Waals surface area (Å²) in [5, 5.41) is 12.4. The minimum atomic E-state index is -1.24. The van der Waals surface area contributed by atoms with Crippen LogP contribution in [-0.4, -0.2) is 36.5 Å². The van der Waals surface area contributed by atoms with E-state index in [9.17, 15) is 14.7 Å². The number of hydrogen-bond acceptors (Lipinski definition) is 3. The number of carbonyl (C=O) groups is 2. The quantitative estimate of drug-likeness (QED) is 0.451. The maximum atomic E-state index is 10.6. The fourth-order valence-electron chi connectivity index (χ4n) is 0.795. The first kappa shape index (κ1) is 6.85. The van der Waals surface area contributed by atoms with Crippen LogP contribution in [0.15, 0.2) is 0 Å². The van der Waals surface area contributed by atoms with Gasteiger partial charge in [-0.2, -0.15) is 0 Å². The average molecular weight is 143 g/mol. The van der Waals surface area contributed by atoms with Gasteiger partial charge < -0.3 is 20.1 Å². The van der Waals surface area contributed by atoms with Gasteiger partial charge in [-0.05, 0) is 0 Å². The molecule has 0 aliphatic carbocycles. The second-order valence-electron chi connectivity index (χ2n) is 2.20. The van der Waals surface area contributed by atoms with E-state index < -0.39 is 12.0 Å². The van der Waals surface area contributed by atoms with Crippen LogP contribution >= 0.6 is 0 Å². The van der Waals surface area contributed by atoms with Gasteiger partial charge in [-0.15, -0.1) is 0 Å². The summed E-state index contributed by atoms with van der Waals surface area (Å²) in [6.45, 7) is 0.182. The number of likely N-dealkylation sites (N-methyl/N-ethyl adjacent to an activating group) is 1. The Morgan fingerprint density at radius 2 is 2.50 bits per heavy atom. The van der Waals surface area contributed by atoms with Gasteiger partial charge in [0.15, 0.2) is 0 Å². The Balaban J connectivity index is 2.57. The van der Waals surface area contributed by atoms with Crippen molar-refractivity contribution in [2.75, 3.05) is 13.6 Å². The Labute approximate surface area is 57.6 Å². The van der Waals surface area contributed by atoms with Crippen LogP contribution in [0.3, 0.4) is 0 Å². The Hall–Kier alpha value is -1.26. The van der Waals surface area contributed by atoms with E-state index in [0.717, 1.165) is 0 Å². The second-order valence-corrected chi connectivity index (χ2v) is 2.20. The first-order chi connectivity index (χ1) is 4.61. The second kappa shape index (κ2) is 2.17. The van der Waals surface area contributed by atoms with Crippen molar-refractivity contribution >= 4 is 12.0 Å². The van der Waals surface area contributed by atoms with Crippen molar-refractivity contribution in [3.8, 4) is 0 Å². The minimum Gasteiger partial charge on any atom is -0.548 e. The van der Waals surface area contributed by atoms with Crippen molar-refractivity contribution in [1.82, 2.24) is 10.2 Å². The molecule has 0 spiro atoms. The highest BCUT2D eigenvalue weighted by Gasteiger charge is 2.25. The summed E-state index contributed by atoms with van der Waals surface area (Å²) in [4.78, 5) is 22.0. The Kier molecular flexibility index (Phi) is 1.48. The summed E-state index contributed by atoms with van der Waals surface area (Å²) >= 11 is 0. The lowest BCUT2D eigenvalue weighted by molar-refractivity contribution is -0.307. The van der Waals surface area contributed by atoms with Gasteiger partial charge in [0.2, 0.25) is 0 Å². The minimum absolute atomic E-state index is 0.182. The molecule has 2 amide bonds. The third-order valence-corrected chi connectivity index (χ3v) is 1.39. The summed E-state index contributed by atoms with van der Waals surface area (Å²) in [6, 6.07) is -1.22. The predicted molar refractivity (Wildman–Crippen MR) is 30.0 cm³/mol. The Morgan fingerprint density at radius 1 is 1.90 bits per heavy atom. The number of urea groups is 1. The molecule has 0 aromatic carbocycles. The van der Waals surface area contributed by atoms with Crippen LogP contribution in [0.5, 0.6) is 0 Å². The molecule has 1 aliphatic heterocycles. The van der Waals surface area contributed by atoms with Crippen molar-refractivity contribution in [2.24, 2.45) is 0 Å². The highest BCUT2D eigenvalue weighted by Crippen LogP contribution is 1.98. The van der Waals surface area contributed by atoms with Crippen molar-refractivity contribution in [1.29, 1.82) is 0 Å². The number of aliphatic carboxylic acids is 1. The van der Waals surface area contributed by atoms with Crippen LogP contribution in [-0.2, 0) is 4.79 Å². The number of rotatable bonds is 1. The Bertz CT molecular complexity index is 180. The smallest absolute Gasteiger partial charge is 0.317 e. The largest absolute Gasteiger partial charge is 0.548 e. The monoisotopic (exact) mass is 143 g/mol. The van der Waals surface area contributed by atoms with Gasteiger partial charge in [0, 0.05) is 13.6 Å². The third-order valence-electron chi connectivity index (χ3n) is 1.39. The first-order valence-corrected chi connectivity index (χ1v) is 2.84. The lowest BCUT2D eigenvalue weighted by atomic mass is 10.3. The number of nitrogens with zero attached hydrogens (tertiary/aromatic N) is 1. The molecule has 5 nitrogen and oxygen atoms in total. The molecule has 1 heterocycles. The summed E-state index contributed by atoms with van der Waals surface area (Å²) in [7, 11) is 1.53. The molecule has 1 atom stereocenters. The van der Waals surface area contributed by atoms with Gasteiger partial charge >= 0.3 is 6.03 Å². The maximum Gasteiger partial charge on any atom is 0.317 e. The van der Waals surface area contributed by atoms with Gasteiger partial charge in [0.25, 0.3) is 0 Å². The maximum absolute atomic E-state index is 10.6. The normalized spacial score (nSPS) is 24.7. The van der Waals surface area contributed by atoms with Crippen LogP contribution in [0.4, 0.5) is 4.79 Å². The van der Waals surface area contributed by atoms with E-state index in [-0.39, 0.29) is 12.6 Å². The molecule has 1 fully saturated rings. The van der Waals surface area contributed by atoms with Crippen LogP contribution in [0.25, 0.3) is 0 Å². The molecule has 0 aromatic heterocycles. The van der Waals surface area contributed by atoms with E-state index in [1.54, 1.807) is 0 Å². The third kappa shape index (κ3) is 1.02. The first-order valence-electron chi connectivity index (χ1n) is 2.84. The molecule has 10 heavy (non-hydrogen) atoms. The molecule has 1 saturated heterocycles. The van der Waals surface area contributed by atoms with Gasteiger partial charge in [-0.3, -0.25) is 0 Å². The van der Waals surface area contributed by atoms with E-state index in [0.29, 0.717) is 0 Å². The van der Waals surface area contributed by atoms with Crippen molar-refractivity contribution in [3.05, 3.63) is 0 Å². The molecule has 5 heteroatoms. The molecule has 1 rings (SSSR count). The molecule has 0 saturated carbocycles. The zero-order valence-corrected chi connectivity index (χ0v) is 5.46. The summed E-state index contributed by atoms with van der Waals surface area (Å²) in [5.74, 6) is -1.24. The van der Waals surface area contributed by atoms with Gasteiger partial charge in [-0.1, -0.05) is 0 Å². The molecule has 1 N–H and O–H groups in total. The molecule has 0 radical (unpaired) electrons. The molecule has 0 unspecified atom stereocenters. The number of nitrogens with one attached hydrogen (secondary N) is 1. The van der Waals surface area contributed by atoms with Crippen LogP contribution in [0.1, 0.15) is 0 Å². The van der Waals surface area contributed by atoms with Crippen molar-refractivity contribution < 1.29 is 14.7 Å². The van der Waals surface area contributed by atoms with E-state index in [1.807, 2.05) is 0 Å². The van der Waals surface area contributed by atoms with E-state index in [4.69, 9.17) is 0 Å². The van der Waals surface area contributed by atoms with Gasteiger partial charge in [0.05, 0.1) is 12.0 Å². The number of carboxylic acid groups (broad SMARTS) is 1. The number of amides is 2. The van der Waals surface area contributed by atoms with E-state index in [1.165, 1.54) is 11.9 Å². The zero-order valence-electron chi connectivity index (χ0n) is 5.46. The van der Waals surface area contributed by atoms with Crippen molar-refractivity contribution in [3.63, 3.8) is 0 Å². The summed E-state index contributed by atoms with van der Waals surface area (Å²) in [5.41, 5.74) is 0. The lowest BCUT2D eigenvalue weighted by Gasteiger charge is -2.08. The molecular weight excluding hydrogens is 136 g/mol. The fourth-order valence-corrected chi connectivity index (χ4v) is 0.795. The van der Waals surface area contributed by atoms with Crippen LogP contribution < -0.4 is 10.4 Å². The van der Waals surface area contributed by atoms with E-state index in [2.05, 4.69) is 5.32 Å². The van der Waals surface area contributed by atoms with Gasteiger partial charge in [-0.25, -0.2) is 4.79 Å². The van der Waals surface area contributed by atoms with Crippen LogP contribution in [0.2, 0.25) is 0 Å². The highest BCUT2D eigenvalue weighted by atomic mass is 16.4. The fraction of sp³-hybridized carbons (Fsp3) is 0.600. The molecule has 1 aliphatic rings. The van der Waals surface area contributed by atoms with Crippen molar-refractivity contribution in [2.45, 2.75) is 6.04 Å². The number of hydrogen-bond donors (Lipinski definition) is 1. The van der Waals surface area contributed by atoms with E-state index >= 15 is 0 Å². The standard InChI is InChI=1S/C5H8N2O3/c1-7-2-3(4(8)9)6-5(7)10/h3H,2H2,1H3,(H,6,10)(H,8,9)/p-1/t3-/m0/s1. The molecule has 0 bridgehead atoms.